The Morgan fingerprint density at radius 3 is 2.59 bits per heavy atom. The zero-order valence-corrected chi connectivity index (χ0v) is 25.2. The number of alkyl halides is 2. The molecule has 6 rings (SSSR count). The number of carboxylic acids is 1. The van der Waals surface area contributed by atoms with Crippen LogP contribution in [0.5, 0.6) is 0 Å². The summed E-state index contributed by atoms with van der Waals surface area (Å²) >= 11 is 13.9. The Balaban J connectivity index is 1.48. The second kappa shape index (κ2) is 11.6. The lowest BCUT2D eigenvalue weighted by molar-refractivity contribution is 0.0564. The predicted molar refractivity (Wildman–Crippen MR) is 157 cm³/mol. The number of aliphatic imine (C=N–C) groups is 1. The highest BCUT2D eigenvalue weighted by Crippen LogP contribution is 2.46. The average Bonchev–Trinajstić information content (AvgIpc) is 3.73. The number of halogens is 5. The molecule has 2 aliphatic rings. The van der Waals surface area contributed by atoms with E-state index in [4.69, 9.17) is 28.2 Å². The summed E-state index contributed by atoms with van der Waals surface area (Å²) in [7, 11) is -4.34. The van der Waals surface area contributed by atoms with E-state index in [9.17, 15) is 31.5 Å². The molecular weight excluding hydrogens is 664 g/mol. The Bertz CT molecular complexity index is 1950. The third-order valence-electron chi connectivity index (χ3n) is 7.01. The monoisotopic (exact) mass is 682 g/mol. The van der Waals surface area contributed by atoms with Crippen LogP contribution >= 0.6 is 34.5 Å². The number of hydrogen-bond donors (Lipinski definition) is 2. The van der Waals surface area contributed by atoms with Crippen molar-refractivity contribution >= 4 is 61.9 Å². The average molecular weight is 684 g/mol. The van der Waals surface area contributed by atoms with Crippen molar-refractivity contribution in [3.8, 4) is 0 Å². The van der Waals surface area contributed by atoms with Crippen LogP contribution < -0.4 is 4.72 Å². The Kier molecular flexibility index (Phi) is 8.00. The van der Waals surface area contributed by atoms with Crippen molar-refractivity contribution in [2.45, 2.75) is 29.9 Å². The first-order valence-electron chi connectivity index (χ1n) is 12.7. The van der Waals surface area contributed by atoms with Gasteiger partial charge in [0.25, 0.3) is 0 Å². The highest BCUT2D eigenvalue weighted by Gasteiger charge is 2.42. The Labute approximate surface area is 262 Å². The van der Waals surface area contributed by atoms with E-state index in [-0.39, 0.29) is 34.3 Å². The summed E-state index contributed by atoms with van der Waals surface area (Å²) in [6, 6.07) is 6.73. The van der Waals surface area contributed by atoms with Gasteiger partial charge in [0, 0.05) is 58.6 Å². The predicted octanol–water partition coefficient (Wildman–Crippen LogP) is 5.84. The van der Waals surface area contributed by atoms with Gasteiger partial charge in [-0.05, 0) is 36.4 Å². The largest absolute Gasteiger partial charge is 0.478 e. The number of benzene rings is 2. The standard InChI is InChI=1S/C27H19Cl2F3N6O4S2/c28-17-4-1-13(26(39)40)9-21(17)44(41,42)36-15-11-20-22(19-5-7-38(35-19)27(31)32)23(16-3-2-14(30)10-18(16)29)34-24(37(20)12-15)25-33-6-8-43-25/h1-10,15,23,27,36H,11-12H2,(H,39,40)/t15-,23-/m0/s1. The van der Waals surface area contributed by atoms with Crippen LogP contribution in [0.2, 0.25) is 10.0 Å². The molecule has 0 spiro atoms. The SMILES string of the molecule is O=C(O)c1ccc(Cl)c(S(=O)(=O)N[C@H]2CC3=C(c4ccn(C(F)F)n4)[C@H](c4ccc(F)cc4Cl)N=C(c4nccs4)N3C2)c1. The molecule has 2 aromatic heterocycles. The van der Waals surface area contributed by atoms with E-state index in [1.165, 1.54) is 41.7 Å². The van der Waals surface area contributed by atoms with Crippen LogP contribution in [0.15, 0.2) is 75.8 Å². The Hall–Kier alpha value is -3.76. The minimum absolute atomic E-state index is 0.0419. The molecule has 0 saturated carbocycles. The van der Waals surface area contributed by atoms with Crippen molar-refractivity contribution in [1.29, 1.82) is 0 Å². The van der Waals surface area contributed by atoms with Gasteiger partial charge in [-0.3, -0.25) is 4.99 Å². The van der Waals surface area contributed by atoms with E-state index < -0.39 is 45.3 Å². The number of hydrogen-bond acceptors (Lipinski definition) is 8. The summed E-state index contributed by atoms with van der Waals surface area (Å²) in [6.45, 7) is -2.88. The van der Waals surface area contributed by atoms with Crippen LogP contribution in [0, 0.1) is 5.82 Å². The van der Waals surface area contributed by atoms with Crippen molar-refractivity contribution in [2.24, 2.45) is 4.99 Å². The number of nitrogens with one attached hydrogen (secondary N) is 1. The smallest absolute Gasteiger partial charge is 0.335 e. The molecule has 2 aliphatic heterocycles. The quantitative estimate of drug-likeness (QED) is 0.239. The first kappa shape index (κ1) is 30.3. The molecule has 0 amide bonds. The number of thiazole rings is 1. The first-order chi connectivity index (χ1) is 20.9. The highest BCUT2D eigenvalue weighted by atomic mass is 35.5. The van der Waals surface area contributed by atoms with Crippen LogP contribution in [0.3, 0.4) is 0 Å². The second-order valence-corrected chi connectivity index (χ2v) is 13.2. The van der Waals surface area contributed by atoms with Gasteiger partial charge in [-0.15, -0.1) is 11.3 Å². The number of sulfonamides is 1. The zero-order chi connectivity index (χ0) is 31.3. The number of aromatic carboxylic acids is 1. The van der Waals surface area contributed by atoms with Gasteiger partial charge in [-0.2, -0.15) is 13.9 Å². The van der Waals surface area contributed by atoms with Gasteiger partial charge in [-0.25, -0.2) is 32.0 Å². The molecule has 1 fully saturated rings. The minimum atomic E-state index is -4.34. The van der Waals surface area contributed by atoms with Gasteiger partial charge >= 0.3 is 12.5 Å². The Morgan fingerprint density at radius 1 is 1.14 bits per heavy atom. The zero-order valence-electron chi connectivity index (χ0n) is 22.0. The summed E-state index contributed by atoms with van der Waals surface area (Å²) in [5, 5.41) is 15.5. The van der Waals surface area contributed by atoms with Gasteiger partial charge in [0.2, 0.25) is 10.0 Å². The molecule has 10 nitrogen and oxygen atoms in total. The molecule has 0 bridgehead atoms. The van der Waals surface area contributed by atoms with Crippen molar-refractivity contribution < 1.29 is 31.5 Å². The molecule has 228 valence electrons. The molecule has 4 heterocycles. The normalized spacial score (nSPS) is 18.6. The van der Waals surface area contributed by atoms with Crippen LogP contribution in [-0.4, -0.2) is 57.6 Å². The third-order valence-corrected chi connectivity index (χ3v) is 10.1. The molecule has 2 atom stereocenters. The molecule has 0 aliphatic carbocycles. The van der Waals surface area contributed by atoms with Gasteiger partial charge < -0.3 is 10.0 Å². The van der Waals surface area contributed by atoms with E-state index in [1.54, 1.807) is 16.5 Å². The molecule has 2 aromatic carbocycles. The highest BCUT2D eigenvalue weighted by molar-refractivity contribution is 7.89. The molecule has 17 heteroatoms. The van der Waals surface area contributed by atoms with Crippen LogP contribution in [0.1, 0.15) is 45.6 Å². The molecule has 4 aromatic rings. The minimum Gasteiger partial charge on any atom is -0.478 e. The van der Waals surface area contributed by atoms with E-state index in [2.05, 4.69) is 14.8 Å². The van der Waals surface area contributed by atoms with Gasteiger partial charge in [0.05, 0.1) is 16.3 Å². The van der Waals surface area contributed by atoms with Crippen LogP contribution in [-0.2, 0) is 10.0 Å². The number of carbonyl (C=O) groups is 1. The lowest BCUT2D eigenvalue weighted by Gasteiger charge is -2.32. The van der Waals surface area contributed by atoms with E-state index in [1.807, 2.05) is 0 Å². The summed E-state index contributed by atoms with van der Waals surface area (Å²) in [4.78, 5) is 22.1. The van der Waals surface area contributed by atoms with Crippen LogP contribution in [0.25, 0.3) is 5.57 Å². The fraction of sp³-hybridized carbons (Fsp3) is 0.185. The van der Waals surface area contributed by atoms with Gasteiger partial charge in [0.15, 0.2) is 10.8 Å². The van der Waals surface area contributed by atoms with Crippen LogP contribution in [0.4, 0.5) is 13.2 Å². The Morgan fingerprint density at radius 2 is 1.93 bits per heavy atom. The van der Waals surface area contributed by atoms with Crippen molar-refractivity contribution in [3.05, 3.63) is 104 Å². The summed E-state index contributed by atoms with van der Waals surface area (Å²) < 4.78 is 71.2. The second-order valence-electron chi connectivity index (χ2n) is 9.76. The molecular formula is C27H19Cl2F3N6O4S2. The topological polar surface area (TPSA) is 130 Å². The van der Waals surface area contributed by atoms with E-state index >= 15 is 0 Å². The number of fused-ring (bicyclic) bond motifs is 1. The van der Waals surface area contributed by atoms with E-state index in [0.717, 1.165) is 18.3 Å². The fourth-order valence-corrected chi connectivity index (χ4v) is 7.82. The lowest BCUT2D eigenvalue weighted by Crippen LogP contribution is -2.39. The number of rotatable bonds is 8. The molecule has 2 N–H and O–H groups in total. The maximum absolute atomic E-state index is 14.0. The summed E-state index contributed by atoms with van der Waals surface area (Å²) in [5.74, 6) is -1.55. The van der Waals surface area contributed by atoms with Crippen molar-refractivity contribution in [2.75, 3.05) is 6.54 Å². The molecule has 1 saturated heterocycles. The number of carboxylic acid groups (broad SMARTS) is 1. The number of aromatic nitrogens is 3. The molecule has 0 unspecified atom stereocenters. The summed E-state index contributed by atoms with van der Waals surface area (Å²) in [5.41, 5.74) is 1.12. The fourth-order valence-electron chi connectivity index (χ4n) is 5.16. The van der Waals surface area contributed by atoms with Crippen molar-refractivity contribution in [3.63, 3.8) is 0 Å². The maximum Gasteiger partial charge on any atom is 0.335 e. The lowest BCUT2D eigenvalue weighted by atomic mass is 9.92. The molecule has 44 heavy (non-hydrogen) atoms. The first-order valence-corrected chi connectivity index (χ1v) is 15.9. The third kappa shape index (κ3) is 5.61. The van der Waals surface area contributed by atoms with Gasteiger partial charge in [0.1, 0.15) is 16.8 Å². The van der Waals surface area contributed by atoms with E-state index in [0.29, 0.717) is 32.4 Å². The molecule has 0 radical (unpaired) electrons. The number of nitrogens with zero attached hydrogens (tertiary/aromatic N) is 5. The summed E-state index contributed by atoms with van der Waals surface area (Å²) in [6.07, 6.45) is 2.72. The van der Waals surface area contributed by atoms with Crippen molar-refractivity contribution in [1.82, 2.24) is 24.4 Å². The number of amidine groups is 1. The van der Waals surface area contributed by atoms with Gasteiger partial charge in [-0.1, -0.05) is 29.3 Å². The maximum atomic E-state index is 14.0.